The molecular weight excluding hydrogens is 602 g/mol. The Bertz CT molecular complexity index is 1710. The van der Waals surface area contributed by atoms with Crippen LogP contribution in [0.15, 0.2) is 75.8 Å². The first-order chi connectivity index (χ1) is 20.5. The maximum absolute atomic E-state index is 12.7. The molecule has 0 aliphatic rings. The molecule has 2 aromatic carbocycles. The largest absolute Gasteiger partial charge is 0.519 e. The first-order valence-corrected chi connectivity index (χ1v) is 13.2. The summed E-state index contributed by atoms with van der Waals surface area (Å²) < 4.78 is 28.8. The molecule has 44 heavy (non-hydrogen) atoms. The molecule has 1 amide bonds. The van der Waals surface area contributed by atoms with Crippen molar-refractivity contribution >= 4 is 29.4 Å². The molecule has 0 fully saturated rings. The predicted octanol–water partition coefficient (Wildman–Crippen LogP) is 3.62. The highest BCUT2D eigenvalue weighted by atomic mass is 35.5. The van der Waals surface area contributed by atoms with Gasteiger partial charge in [-0.15, -0.1) is 0 Å². The number of aliphatic hydroxyl groups is 1. The molecule has 4 aromatic rings. The van der Waals surface area contributed by atoms with Gasteiger partial charge >= 0.3 is 29.5 Å². The molecule has 234 valence electrons. The van der Waals surface area contributed by atoms with Crippen LogP contribution in [0, 0.1) is 13.8 Å². The van der Waals surface area contributed by atoms with E-state index in [0.717, 1.165) is 11.1 Å². The highest BCUT2D eigenvalue weighted by Crippen LogP contribution is 2.23. The molecule has 0 saturated heterocycles. The van der Waals surface area contributed by atoms with Crippen LogP contribution in [0.4, 0.5) is 0 Å². The summed E-state index contributed by atoms with van der Waals surface area (Å²) in [5, 5.41) is 13.6. The Hall–Kier alpha value is -4.88. The van der Waals surface area contributed by atoms with E-state index in [1.54, 1.807) is 24.3 Å². The number of halogens is 1. The zero-order valence-electron chi connectivity index (χ0n) is 22.9. The van der Waals surface area contributed by atoms with Crippen LogP contribution in [-0.4, -0.2) is 35.1 Å². The van der Waals surface area contributed by atoms with E-state index in [9.17, 15) is 29.1 Å². The molecule has 14 heteroatoms. The number of hydrogen-bond acceptors (Lipinski definition) is 12. The Morgan fingerprint density at radius 1 is 0.864 bits per heavy atom. The van der Waals surface area contributed by atoms with Crippen molar-refractivity contribution in [2.75, 3.05) is 0 Å². The molecule has 0 radical (unpaired) electrons. The summed E-state index contributed by atoms with van der Waals surface area (Å²) in [6.07, 6.45) is -1.98. The lowest BCUT2D eigenvalue weighted by Crippen LogP contribution is -2.44. The topological polar surface area (TPSA) is 189 Å². The van der Waals surface area contributed by atoms with E-state index in [1.165, 1.54) is 13.8 Å². The normalized spacial score (nSPS) is 12.1. The number of carbonyl (C=O) groups is 3. The highest BCUT2D eigenvalue weighted by Gasteiger charge is 2.27. The molecule has 0 aliphatic carbocycles. The SMILES string of the molecule is C.Cc1oc(=O)oc1COC(=O)C(=O)N[C@H](Cc1ccc(-c2cccc(Cl)c2)cc1)C[C@@H](O)C(=O)OCc1oc(=O)oc1C. The van der Waals surface area contributed by atoms with Crippen molar-refractivity contribution < 1.29 is 46.6 Å². The lowest BCUT2D eigenvalue weighted by Gasteiger charge is -2.21. The van der Waals surface area contributed by atoms with Crippen LogP contribution in [0.25, 0.3) is 11.1 Å². The van der Waals surface area contributed by atoms with Gasteiger partial charge in [-0.1, -0.05) is 55.4 Å². The van der Waals surface area contributed by atoms with Crippen LogP contribution < -0.4 is 17.0 Å². The van der Waals surface area contributed by atoms with Crippen molar-refractivity contribution in [3.05, 3.63) is 103 Å². The quantitative estimate of drug-likeness (QED) is 0.181. The number of carbonyl (C=O) groups excluding carboxylic acids is 3. The molecule has 0 aliphatic heterocycles. The Kier molecular flexibility index (Phi) is 11.5. The van der Waals surface area contributed by atoms with Gasteiger partial charge in [0.2, 0.25) is 0 Å². The Labute approximate surface area is 255 Å². The van der Waals surface area contributed by atoms with Gasteiger partial charge < -0.3 is 37.6 Å². The third-order valence-corrected chi connectivity index (χ3v) is 6.48. The number of benzene rings is 2. The number of nitrogens with one attached hydrogen (secondary N) is 1. The van der Waals surface area contributed by atoms with E-state index in [2.05, 4.69) is 9.73 Å². The van der Waals surface area contributed by atoms with Crippen LogP contribution in [0.2, 0.25) is 5.02 Å². The Morgan fingerprint density at radius 2 is 1.45 bits per heavy atom. The molecule has 2 aromatic heterocycles. The van der Waals surface area contributed by atoms with Crippen LogP contribution in [0.5, 0.6) is 0 Å². The van der Waals surface area contributed by atoms with Crippen molar-refractivity contribution in [2.24, 2.45) is 0 Å². The van der Waals surface area contributed by atoms with Gasteiger partial charge in [-0.2, -0.15) is 0 Å². The van der Waals surface area contributed by atoms with Crippen molar-refractivity contribution in [2.45, 2.75) is 59.5 Å². The van der Waals surface area contributed by atoms with Gasteiger partial charge in [-0.3, -0.25) is 4.79 Å². The van der Waals surface area contributed by atoms with Crippen molar-refractivity contribution in [3.63, 3.8) is 0 Å². The second kappa shape index (κ2) is 15.0. The summed E-state index contributed by atoms with van der Waals surface area (Å²) in [5.41, 5.74) is 2.47. The maximum Gasteiger partial charge on any atom is 0.519 e. The van der Waals surface area contributed by atoms with Gasteiger partial charge in [0, 0.05) is 17.5 Å². The highest BCUT2D eigenvalue weighted by molar-refractivity contribution is 6.32. The van der Waals surface area contributed by atoms with Gasteiger partial charge in [-0.05, 0) is 49.1 Å². The fourth-order valence-corrected chi connectivity index (χ4v) is 4.22. The number of ether oxygens (including phenoxy) is 2. The molecule has 0 bridgehead atoms. The third kappa shape index (κ3) is 9.06. The summed E-state index contributed by atoms with van der Waals surface area (Å²) >= 11 is 6.09. The minimum Gasteiger partial charge on any atom is -0.455 e. The maximum atomic E-state index is 12.7. The standard InChI is InChI=1S/C29H26ClNO12.CH4/c1-15-23(42-28(36)40-15)13-38-26(34)22(32)12-21(31-25(33)27(35)39-14-24-16(2)41-29(37)43-24)10-17-6-8-18(9-7-17)19-4-3-5-20(30)11-19;/h3-9,11,21-22,32H,10,12-14H2,1-2H3,(H,31,33);1H4/t21-,22-;/m1./s1. The molecule has 4 rings (SSSR count). The van der Waals surface area contributed by atoms with Crippen molar-refractivity contribution in [1.29, 1.82) is 0 Å². The summed E-state index contributed by atoms with van der Waals surface area (Å²) in [6, 6.07) is 13.6. The van der Waals surface area contributed by atoms with Crippen molar-refractivity contribution in [3.8, 4) is 11.1 Å². The fraction of sp³-hybridized carbons (Fsp3) is 0.300. The Morgan fingerprint density at radius 3 is 2.00 bits per heavy atom. The molecule has 2 atom stereocenters. The molecule has 0 spiro atoms. The molecular formula is C30H30ClNO12. The van der Waals surface area contributed by atoms with E-state index in [1.807, 2.05) is 24.3 Å². The summed E-state index contributed by atoms with van der Waals surface area (Å²) in [4.78, 5) is 59.9. The first kappa shape index (κ1) is 33.6. The van der Waals surface area contributed by atoms with Crippen LogP contribution in [0.1, 0.15) is 42.5 Å². The number of aliphatic hydroxyl groups excluding tert-OH is 1. The van der Waals surface area contributed by atoms with Crippen LogP contribution in [-0.2, 0) is 43.5 Å². The smallest absolute Gasteiger partial charge is 0.455 e. The lowest BCUT2D eigenvalue weighted by atomic mass is 9.98. The number of esters is 2. The number of hydrogen-bond donors (Lipinski definition) is 2. The summed E-state index contributed by atoms with van der Waals surface area (Å²) in [6.45, 7) is 1.86. The summed E-state index contributed by atoms with van der Waals surface area (Å²) in [7, 11) is 0. The minimum absolute atomic E-state index is 0. The van der Waals surface area contributed by atoms with Crippen LogP contribution in [0.3, 0.4) is 0 Å². The number of aryl methyl sites for hydroxylation is 2. The number of rotatable bonds is 11. The second-order valence-electron chi connectivity index (χ2n) is 9.38. The van der Waals surface area contributed by atoms with Gasteiger partial charge in [0.05, 0.1) is 0 Å². The summed E-state index contributed by atoms with van der Waals surface area (Å²) in [5.74, 6) is -5.37. The van der Waals surface area contributed by atoms with E-state index < -0.39 is 54.9 Å². The zero-order valence-corrected chi connectivity index (χ0v) is 23.7. The molecule has 0 unspecified atom stereocenters. The fourth-order valence-electron chi connectivity index (χ4n) is 4.03. The lowest BCUT2D eigenvalue weighted by molar-refractivity contribution is -0.158. The second-order valence-corrected chi connectivity index (χ2v) is 9.82. The average Bonchev–Trinajstić information content (AvgIpc) is 3.47. The molecule has 0 saturated carbocycles. The minimum atomic E-state index is -1.73. The Balaban J connectivity index is 0.00000529. The van der Waals surface area contributed by atoms with Crippen molar-refractivity contribution in [1.82, 2.24) is 5.32 Å². The molecule has 13 nitrogen and oxygen atoms in total. The predicted molar refractivity (Wildman–Crippen MR) is 153 cm³/mol. The van der Waals surface area contributed by atoms with Gasteiger partial charge in [0.1, 0.15) is 0 Å². The van der Waals surface area contributed by atoms with Gasteiger partial charge in [0.25, 0.3) is 0 Å². The molecule has 2 N–H and O–H groups in total. The monoisotopic (exact) mass is 631 g/mol. The number of amides is 1. The molecule has 2 heterocycles. The third-order valence-electron chi connectivity index (χ3n) is 6.25. The van der Waals surface area contributed by atoms with Gasteiger partial charge in [-0.25, -0.2) is 19.2 Å². The van der Waals surface area contributed by atoms with E-state index in [0.29, 0.717) is 10.6 Å². The first-order valence-electron chi connectivity index (χ1n) is 12.8. The van der Waals surface area contributed by atoms with E-state index in [4.69, 9.17) is 34.3 Å². The van der Waals surface area contributed by atoms with Gasteiger partial charge in [0.15, 0.2) is 42.4 Å². The van der Waals surface area contributed by atoms with E-state index >= 15 is 0 Å². The van der Waals surface area contributed by atoms with E-state index in [-0.39, 0.29) is 43.3 Å². The van der Waals surface area contributed by atoms with Crippen LogP contribution >= 0.6 is 11.6 Å². The zero-order chi connectivity index (χ0) is 31.1. The average molecular weight is 632 g/mol.